The van der Waals surface area contributed by atoms with Crippen molar-refractivity contribution in [1.82, 2.24) is 0 Å². The molecule has 1 aliphatic rings. The molecule has 0 amide bonds. The predicted molar refractivity (Wildman–Crippen MR) is 101 cm³/mol. The standard InChI is InChI=1S/C20H22N2O5/c1-13-10-16(11-17(20(23)26-2)19(13)22(24)25)21-15-8-9-27-18(12-15)14-6-4-3-5-7-14/h3-7,10-11,15,18,21H,8-9,12H2,1-2H3. The second-order valence-electron chi connectivity index (χ2n) is 6.57. The maximum atomic E-state index is 12.0. The minimum absolute atomic E-state index is 0.00308. The van der Waals surface area contributed by atoms with Crippen LogP contribution in [0.4, 0.5) is 11.4 Å². The molecule has 27 heavy (non-hydrogen) atoms. The lowest BCUT2D eigenvalue weighted by molar-refractivity contribution is -0.385. The number of nitrogens with zero attached hydrogens (tertiary/aromatic N) is 1. The first-order valence-electron chi connectivity index (χ1n) is 8.80. The van der Waals surface area contributed by atoms with Gasteiger partial charge in [-0.05, 0) is 37.5 Å². The highest BCUT2D eigenvalue weighted by atomic mass is 16.6. The number of methoxy groups -OCH3 is 1. The number of hydrogen-bond donors (Lipinski definition) is 1. The van der Waals surface area contributed by atoms with E-state index in [9.17, 15) is 14.9 Å². The largest absolute Gasteiger partial charge is 0.465 e. The number of rotatable bonds is 5. The normalized spacial score (nSPS) is 19.3. The summed E-state index contributed by atoms with van der Waals surface area (Å²) < 4.78 is 10.6. The molecule has 2 atom stereocenters. The van der Waals surface area contributed by atoms with Crippen LogP contribution in [0.1, 0.15) is 40.4 Å². The molecule has 0 aromatic heterocycles. The van der Waals surface area contributed by atoms with Crippen molar-refractivity contribution in [3.63, 3.8) is 0 Å². The number of carbonyl (C=O) groups excluding carboxylic acids is 1. The number of benzene rings is 2. The summed E-state index contributed by atoms with van der Waals surface area (Å²) in [5.74, 6) is -0.720. The minimum atomic E-state index is -0.720. The fourth-order valence-corrected chi connectivity index (χ4v) is 3.43. The molecule has 1 saturated heterocycles. The smallest absolute Gasteiger partial charge is 0.344 e. The molecule has 7 nitrogen and oxygen atoms in total. The molecule has 7 heteroatoms. The third-order valence-electron chi connectivity index (χ3n) is 4.71. The van der Waals surface area contributed by atoms with E-state index in [1.165, 1.54) is 13.2 Å². The zero-order valence-electron chi connectivity index (χ0n) is 15.3. The van der Waals surface area contributed by atoms with Crippen LogP contribution in [0.2, 0.25) is 0 Å². The number of nitro benzene ring substituents is 1. The van der Waals surface area contributed by atoms with Crippen LogP contribution < -0.4 is 5.32 Å². The Labute approximate surface area is 157 Å². The fraction of sp³-hybridized carbons (Fsp3) is 0.350. The highest BCUT2D eigenvalue weighted by Gasteiger charge is 2.27. The summed E-state index contributed by atoms with van der Waals surface area (Å²) in [5, 5.41) is 14.7. The summed E-state index contributed by atoms with van der Waals surface area (Å²) in [4.78, 5) is 22.8. The molecule has 0 saturated carbocycles. The number of hydrogen-bond acceptors (Lipinski definition) is 6. The van der Waals surface area contributed by atoms with Gasteiger partial charge in [0.25, 0.3) is 5.69 Å². The molecule has 0 aliphatic carbocycles. The van der Waals surface area contributed by atoms with E-state index < -0.39 is 10.9 Å². The zero-order valence-corrected chi connectivity index (χ0v) is 15.3. The van der Waals surface area contributed by atoms with Gasteiger partial charge in [0.2, 0.25) is 0 Å². The first-order valence-corrected chi connectivity index (χ1v) is 8.80. The van der Waals surface area contributed by atoms with Crippen LogP contribution in [0, 0.1) is 17.0 Å². The monoisotopic (exact) mass is 370 g/mol. The summed E-state index contributed by atoms with van der Waals surface area (Å²) >= 11 is 0. The van der Waals surface area contributed by atoms with Crippen molar-refractivity contribution in [2.24, 2.45) is 0 Å². The Morgan fingerprint density at radius 1 is 1.30 bits per heavy atom. The van der Waals surface area contributed by atoms with Gasteiger partial charge in [-0.15, -0.1) is 0 Å². The SMILES string of the molecule is COC(=O)c1cc(NC2CCOC(c3ccccc3)C2)cc(C)c1[N+](=O)[O-]. The van der Waals surface area contributed by atoms with Crippen LogP contribution in [0.25, 0.3) is 0 Å². The van der Waals surface area contributed by atoms with E-state index in [2.05, 4.69) is 5.32 Å². The molecule has 0 spiro atoms. The fourth-order valence-electron chi connectivity index (χ4n) is 3.43. The first-order chi connectivity index (χ1) is 13.0. The van der Waals surface area contributed by atoms with Crippen LogP contribution in [0.5, 0.6) is 0 Å². The lowest BCUT2D eigenvalue weighted by Crippen LogP contribution is -2.30. The van der Waals surface area contributed by atoms with Crippen molar-refractivity contribution in [1.29, 1.82) is 0 Å². The van der Waals surface area contributed by atoms with E-state index >= 15 is 0 Å². The molecular weight excluding hydrogens is 348 g/mol. The number of anilines is 1. The first kappa shape index (κ1) is 18.8. The van der Waals surface area contributed by atoms with Crippen LogP contribution in [-0.4, -0.2) is 30.7 Å². The lowest BCUT2D eigenvalue weighted by Gasteiger charge is -2.31. The third kappa shape index (κ3) is 4.25. The second kappa shape index (κ2) is 8.18. The van der Waals surface area contributed by atoms with Gasteiger partial charge in [-0.2, -0.15) is 0 Å². The molecule has 0 bridgehead atoms. The Hall–Kier alpha value is -2.93. The summed E-state index contributed by atoms with van der Waals surface area (Å²) in [5.41, 5.74) is 1.94. The average molecular weight is 370 g/mol. The highest BCUT2D eigenvalue weighted by Crippen LogP contribution is 2.32. The van der Waals surface area contributed by atoms with E-state index in [1.807, 2.05) is 30.3 Å². The van der Waals surface area contributed by atoms with Gasteiger partial charge in [-0.25, -0.2) is 4.79 Å². The number of esters is 1. The Kier molecular flexibility index (Phi) is 5.71. The number of ether oxygens (including phenoxy) is 2. The second-order valence-corrected chi connectivity index (χ2v) is 6.57. The van der Waals surface area contributed by atoms with E-state index in [0.29, 0.717) is 17.9 Å². The zero-order chi connectivity index (χ0) is 19.4. The highest BCUT2D eigenvalue weighted by molar-refractivity contribution is 5.95. The maximum absolute atomic E-state index is 12.0. The summed E-state index contributed by atoms with van der Waals surface area (Å²) in [6.45, 7) is 2.24. The van der Waals surface area contributed by atoms with Crippen molar-refractivity contribution in [3.05, 3.63) is 69.3 Å². The molecule has 2 aromatic rings. The van der Waals surface area contributed by atoms with Crippen molar-refractivity contribution in [3.8, 4) is 0 Å². The summed E-state index contributed by atoms with van der Waals surface area (Å²) in [6, 6.07) is 13.3. The van der Waals surface area contributed by atoms with Crippen LogP contribution in [0.15, 0.2) is 42.5 Å². The van der Waals surface area contributed by atoms with Crippen molar-refractivity contribution < 1.29 is 19.2 Å². The minimum Gasteiger partial charge on any atom is -0.465 e. The Morgan fingerprint density at radius 2 is 2.04 bits per heavy atom. The van der Waals surface area contributed by atoms with Crippen molar-refractivity contribution >= 4 is 17.3 Å². The maximum Gasteiger partial charge on any atom is 0.344 e. The Balaban J connectivity index is 1.81. The number of nitro groups is 1. The van der Waals surface area contributed by atoms with Gasteiger partial charge < -0.3 is 14.8 Å². The molecule has 1 aliphatic heterocycles. The predicted octanol–water partition coefficient (Wildman–Crippen LogP) is 4.02. The van der Waals surface area contributed by atoms with Crippen LogP contribution in [-0.2, 0) is 9.47 Å². The molecule has 2 aromatic carbocycles. The van der Waals surface area contributed by atoms with Gasteiger partial charge in [-0.1, -0.05) is 30.3 Å². The third-order valence-corrected chi connectivity index (χ3v) is 4.71. The molecule has 142 valence electrons. The molecular formula is C20H22N2O5. The topological polar surface area (TPSA) is 90.7 Å². The number of carbonyl (C=O) groups is 1. The van der Waals surface area contributed by atoms with E-state index in [0.717, 1.165) is 18.4 Å². The van der Waals surface area contributed by atoms with Gasteiger partial charge >= 0.3 is 5.97 Å². The van der Waals surface area contributed by atoms with Crippen molar-refractivity contribution in [2.75, 3.05) is 19.0 Å². The van der Waals surface area contributed by atoms with Gasteiger partial charge in [0.15, 0.2) is 0 Å². The summed E-state index contributed by atoms with van der Waals surface area (Å²) in [7, 11) is 1.21. The number of aryl methyl sites for hydroxylation is 1. The van der Waals surface area contributed by atoms with Gasteiger partial charge in [-0.3, -0.25) is 10.1 Å². The Morgan fingerprint density at radius 3 is 2.70 bits per heavy atom. The van der Waals surface area contributed by atoms with Crippen molar-refractivity contribution in [2.45, 2.75) is 31.9 Å². The molecule has 1 N–H and O–H groups in total. The quantitative estimate of drug-likeness (QED) is 0.486. The van der Waals surface area contributed by atoms with Gasteiger partial charge in [0.1, 0.15) is 5.56 Å². The molecule has 0 radical (unpaired) electrons. The molecule has 2 unspecified atom stereocenters. The lowest BCUT2D eigenvalue weighted by atomic mass is 9.97. The molecule has 3 rings (SSSR count). The summed E-state index contributed by atoms with van der Waals surface area (Å²) in [6.07, 6.45) is 1.58. The van der Waals surface area contributed by atoms with E-state index in [1.54, 1.807) is 13.0 Å². The van der Waals surface area contributed by atoms with Gasteiger partial charge in [0.05, 0.1) is 18.1 Å². The van der Waals surface area contributed by atoms with Crippen LogP contribution >= 0.6 is 0 Å². The molecule has 1 heterocycles. The Bertz CT molecular complexity index is 838. The van der Waals surface area contributed by atoms with Crippen LogP contribution in [0.3, 0.4) is 0 Å². The van der Waals surface area contributed by atoms with E-state index in [-0.39, 0.29) is 23.4 Å². The van der Waals surface area contributed by atoms with Gasteiger partial charge in [0, 0.05) is 23.9 Å². The average Bonchev–Trinajstić information content (AvgIpc) is 2.67. The molecule has 1 fully saturated rings. The number of nitrogens with one attached hydrogen (secondary N) is 1. The van der Waals surface area contributed by atoms with E-state index in [4.69, 9.17) is 9.47 Å².